The number of carbonyl (C=O) groups excluding carboxylic acids is 2. The fourth-order valence-electron chi connectivity index (χ4n) is 3.27. The van der Waals surface area contributed by atoms with E-state index in [0.29, 0.717) is 25.8 Å². The first-order valence-electron chi connectivity index (χ1n) is 9.88. The molecule has 3 aromatic carbocycles. The van der Waals surface area contributed by atoms with Crippen molar-refractivity contribution in [2.75, 3.05) is 4.90 Å². The van der Waals surface area contributed by atoms with Crippen LogP contribution in [0.4, 0.5) is 10.1 Å². The number of ether oxygens (including phenoxy) is 1. The minimum atomic E-state index is -0.657. The summed E-state index contributed by atoms with van der Waals surface area (Å²) in [7, 11) is 0. The Balaban J connectivity index is 1.64. The van der Waals surface area contributed by atoms with E-state index >= 15 is 0 Å². The van der Waals surface area contributed by atoms with Crippen molar-refractivity contribution in [1.29, 1.82) is 0 Å². The maximum Gasteiger partial charge on any atom is 0.270 e. The molecule has 4 rings (SSSR count). The van der Waals surface area contributed by atoms with Crippen molar-refractivity contribution in [2.45, 2.75) is 6.61 Å². The first kappa shape index (κ1) is 25.8. The lowest BCUT2D eigenvalue weighted by Gasteiger charge is -2.29. The van der Waals surface area contributed by atoms with Crippen molar-refractivity contribution in [2.24, 2.45) is 0 Å². The van der Waals surface area contributed by atoms with Gasteiger partial charge in [0, 0.05) is 5.56 Å². The van der Waals surface area contributed by atoms with E-state index in [2.05, 4.69) is 37.2 Å². The van der Waals surface area contributed by atoms with Crippen LogP contribution >= 0.6 is 67.3 Å². The predicted molar refractivity (Wildman–Crippen MR) is 145 cm³/mol. The lowest BCUT2D eigenvalue weighted by atomic mass is 10.1. The minimum Gasteiger partial charge on any atom is -0.486 e. The monoisotopic (exact) mass is 656 g/mol. The summed E-state index contributed by atoms with van der Waals surface area (Å²) in [5.41, 5.74) is 1.01. The molecule has 1 fully saturated rings. The number of benzene rings is 3. The number of thiocarbonyl (C=S) groups is 1. The topological polar surface area (TPSA) is 58.6 Å². The molecule has 1 aliphatic rings. The molecule has 35 heavy (non-hydrogen) atoms. The summed E-state index contributed by atoms with van der Waals surface area (Å²) < 4.78 is 20.8. The van der Waals surface area contributed by atoms with E-state index in [1.54, 1.807) is 48.5 Å². The highest BCUT2D eigenvalue weighted by atomic mass is 79.9. The van der Waals surface area contributed by atoms with Gasteiger partial charge < -0.3 is 4.74 Å². The quantitative estimate of drug-likeness (QED) is 0.181. The zero-order chi connectivity index (χ0) is 25.3. The van der Waals surface area contributed by atoms with Crippen LogP contribution in [0.5, 0.6) is 5.75 Å². The molecule has 0 radical (unpaired) electrons. The van der Waals surface area contributed by atoms with Gasteiger partial charge in [-0.1, -0.05) is 47.5 Å². The zero-order valence-corrected chi connectivity index (χ0v) is 23.0. The molecule has 0 bridgehead atoms. The molecule has 5 nitrogen and oxygen atoms in total. The molecule has 0 atom stereocenters. The average Bonchev–Trinajstić information content (AvgIpc) is 2.80. The van der Waals surface area contributed by atoms with Gasteiger partial charge in [0.2, 0.25) is 0 Å². The molecule has 1 aliphatic heterocycles. The summed E-state index contributed by atoms with van der Waals surface area (Å²) in [5, 5.41) is 2.76. The second-order valence-electron chi connectivity index (χ2n) is 7.22. The van der Waals surface area contributed by atoms with Gasteiger partial charge in [-0.3, -0.25) is 19.8 Å². The Morgan fingerprint density at radius 3 is 2.43 bits per heavy atom. The third-order valence-corrected chi connectivity index (χ3v) is 7.21. The van der Waals surface area contributed by atoms with Gasteiger partial charge in [-0.25, -0.2) is 4.39 Å². The molecule has 0 aromatic heterocycles. The third-order valence-electron chi connectivity index (χ3n) is 4.94. The Morgan fingerprint density at radius 2 is 1.74 bits per heavy atom. The highest BCUT2D eigenvalue weighted by Crippen LogP contribution is 2.37. The van der Waals surface area contributed by atoms with Crippen molar-refractivity contribution < 1.29 is 18.7 Å². The molecule has 0 spiro atoms. The van der Waals surface area contributed by atoms with E-state index < -0.39 is 11.8 Å². The van der Waals surface area contributed by atoms with Crippen LogP contribution in [0.3, 0.4) is 0 Å². The summed E-state index contributed by atoms with van der Waals surface area (Å²) in [6, 6.07) is 14.4. The fraction of sp³-hybridized carbons (Fsp3) is 0.0417. The van der Waals surface area contributed by atoms with E-state index in [4.69, 9.17) is 40.2 Å². The van der Waals surface area contributed by atoms with Crippen molar-refractivity contribution in [3.05, 3.63) is 96.1 Å². The van der Waals surface area contributed by atoms with Gasteiger partial charge in [-0.2, -0.15) is 0 Å². The van der Waals surface area contributed by atoms with E-state index in [9.17, 15) is 14.0 Å². The Hall–Kier alpha value is -2.30. The minimum absolute atomic E-state index is 0.0119. The first-order valence-corrected chi connectivity index (χ1v) is 12.6. The van der Waals surface area contributed by atoms with E-state index in [1.165, 1.54) is 12.1 Å². The number of rotatable bonds is 5. The maximum atomic E-state index is 13.9. The first-order chi connectivity index (χ1) is 16.7. The number of anilines is 1. The van der Waals surface area contributed by atoms with Crippen LogP contribution in [0, 0.1) is 5.82 Å². The van der Waals surface area contributed by atoms with E-state index in [0.717, 1.165) is 4.90 Å². The van der Waals surface area contributed by atoms with Gasteiger partial charge in [0.05, 0.1) is 24.7 Å². The van der Waals surface area contributed by atoms with Gasteiger partial charge in [-0.15, -0.1) is 0 Å². The molecule has 1 heterocycles. The van der Waals surface area contributed by atoms with Crippen molar-refractivity contribution in [1.82, 2.24) is 5.32 Å². The molecule has 2 amide bonds. The Bertz CT molecular complexity index is 1390. The van der Waals surface area contributed by atoms with E-state index in [-0.39, 0.29) is 38.8 Å². The van der Waals surface area contributed by atoms with Crippen molar-refractivity contribution in [3.63, 3.8) is 0 Å². The summed E-state index contributed by atoms with van der Waals surface area (Å²) >= 11 is 24.4. The second-order valence-corrected chi connectivity index (χ2v) is 10.1. The average molecular weight is 659 g/mol. The third kappa shape index (κ3) is 5.44. The molecule has 1 N–H and O–H groups in total. The molecule has 0 unspecified atom stereocenters. The molecule has 3 aromatic rings. The molecule has 0 saturated carbocycles. The lowest BCUT2D eigenvalue weighted by Crippen LogP contribution is -2.54. The molecule has 11 heteroatoms. The maximum absolute atomic E-state index is 13.9. The Labute approximate surface area is 232 Å². The van der Waals surface area contributed by atoms with Crippen molar-refractivity contribution >= 4 is 96.0 Å². The largest absolute Gasteiger partial charge is 0.486 e. The standard InChI is InChI=1S/C24H13Br2Cl2FN2O3S/c25-15-9-12(10-16(26)21(15)34-11-13-4-1-2-6-18(13)29)8-14-22(32)30-24(35)31(23(14)33)19-7-3-5-17(27)20(19)28/h1-10H,11H2,(H,30,32,35)/b14-8+. The summed E-state index contributed by atoms with van der Waals surface area (Å²) in [5.74, 6) is -1.25. The van der Waals surface area contributed by atoms with Crippen LogP contribution in [0.15, 0.2) is 69.1 Å². The predicted octanol–water partition coefficient (Wildman–Crippen LogP) is 7.07. The van der Waals surface area contributed by atoms with Gasteiger partial charge in [0.15, 0.2) is 5.11 Å². The summed E-state index contributed by atoms with van der Waals surface area (Å²) in [4.78, 5) is 27.0. The second kappa shape index (κ2) is 10.8. The smallest absolute Gasteiger partial charge is 0.270 e. The molecule has 0 aliphatic carbocycles. The van der Waals surface area contributed by atoms with Gasteiger partial charge in [0.25, 0.3) is 11.8 Å². The number of carbonyl (C=O) groups is 2. The van der Waals surface area contributed by atoms with E-state index in [1.807, 2.05) is 0 Å². The number of nitrogens with zero attached hydrogens (tertiary/aromatic N) is 1. The fourth-order valence-corrected chi connectivity index (χ4v) is 5.38. The van der Waals surface area contributed by atoms with Crippen LogP contribution in [-0.2, 0) is 16.2 Å². The molecule has 1 saturated heterocycles. The molecular formula is C24H13Br2Cl2FN2O3S. The number of hydrogen-bond acceptors (Lipinski definition) is 4. The van der Waals surface area contributed by atoms with Crippen LogP contribution < -0.4 is 15.0 Å². The normalized spacial score (nSPS) is 14.9. The number of hydrogen-bond donors (Lipinski definition) is 1. The van der Waals surface area contributed by atoms with Crippen molar-refractivity contribution in [3.8, 4) is 5.75 Å². The Kier molecular flexibility index (Phi) is 7.92. The van der Waals surface area contributed by atoms with Crippen LogP contribution in [0.1, 0.15) is 11.1 Å². The Morgan fingerprint density at radius 1 is 1.06 bits per heavy atom. The zero-order valence-electron chi connectivity index (χ0n) is 17.5. The van der Waals surface area contributed by atoms with Gasteiger partial charge in [-0.05, 0) is 86.0 Å². The van der Waals surface area contributed by atoms with Crippen LogP contribution in [-0.4, -0.2) is 16.9 Å². The van der Waals surface area contributed by atoms with Crippen LogP contribution in [0.25, 0.3) is 6.08 Å². The number of halogens is 5. The molecule has 178 valence electrons. The van der Waals surface area contributed by atoms with Crippen LogP contribution in [0.2, 0.25) is 10.0 Å². The SMILES string of the molecule is O=C1NC(=S)N(c2cccc(Cl)c2Cl)C(=O)/C1=C/c1cc(Br)c(OCc2ccccc2F)c(Br)c1. The summed E-state index contributed by atoms with van der Waals surface area (Å²) in [6.07, 6.45) is 1.42. The molecular weight excluding hydrogens is 646 g/mol. The number of nitrogens with one attached hydrogen (secondary N) is 1. The highest BCUT2D eigenvalue weighted by Gasteiger charge is 2.35. The lowest BCUT2D eigenvalue weighted by molar-refractivity contribution is -0.122. The summed E-state index contributed by atoms with van der Waals surface area (Å²) in [6.45, 7) is 0.0119. The van der Waals surface area contributed by atoms with Gasteiger partial charge >= 0.3 is 0 Å². The highest BCUT2D eigenvalue weighted by molar-refractivity contribution is 9.11. The van der Waals surface area contributed by atoms with Gasteiger partial charge in [0.1, 0.15) is 23.7 Å². The number of amides is 2.